The summed E-state index contributed by atoms with van der Waals surface area (Å²) in [6.07, 6.45) is 41.9. The Labute approximate surface area is 457 Å². The molecule has 0 N–H and O–H groups in total. The van der Waals surface area contributed by atoms with Gasteiger partial charge in [-0.05, 0) is 78.8 Å². The fourth-order valence-electron chi connectivity index (χ4n) is 9.34. The van der Waals surface area contributed by atoms with Crippen molar-refractivity contribution in [2.75, 3.05) is 106 Å². The number of esters is 4. The van der Waals surface area contributed by atoms with Gasteiger partial charge in [0.05, 0.1) is 52.1 Å². The average Bonchev–Trinajstić information content (AvgIpc) is 3.39. The fraction of sp³-hybridized carbons (Fsp3) is 0.935. The normalized spacial score (nSPS) is 11.6. The Hall–Kier alpha value is -2.28. The number of ether oxygens (including phenoxy) is 4. The molecule has 0 fully saturated rings. The quantitative estimate of drug-likeness (QED) is 0.0328. The lowest BCUT2D eigenvalue weighted by Gasteiger charge is -2.26. The van der Waals surface area contributed by atoms with Crippen LogP contribution in [0.1, 0.15) is 272 Å². The molecule has 12 nitrogen and oxygen atoms in total. The van der Waals surface area contributed by atoms with E-state index in [1.165, 1.54) is 154 Å². The SMILES string of the molecule is CCCCCCCCCCOC(=O)CCN(CCCN(C)CCN(C)CCCN(CCC(=O)OCCCCCCCCCC)CCC(=O)OCCCCCCCCCC)CCC(=O)OCCCCCCCCCC. The molecule has 0 saturated heterocycles. The lowest BCUT2D eigenvalue weighted by molar-refractivity contribution is -0.146. The maximum atomic E-state index is 12.7. The van der Waals surface area contributed by atoms with Gasteiger partial charge in [0, 0.05) is 39.3 Å². The highest BCUT2D eigenvalue weighted by Gasteiger charge is 2.15. The lowest BCUT2D eigenvalue weighted by Crippen LogP contribution is -2.36. The van der Waals surface area contributed by atoms with Crippen molar-refractivity contribution in [1.82, 2.24) is 19.6 Å². The molecule has 0 unspecified atom stereocenters. The second-order valence-corrected chi connectivity index (χ2v) is 21.8. The van der Waals surface area contributed by atoms with Crippen LogP contribution >= 0.6 is 0 Å². The summed E-state index contributed by atoms with van der Waals surface area (Å²) >= 11 is 0. The molecule has 0 radical (unpaired) electrons. The van der Waals surface area contributed by atoms with E-state index in [9.17, 15) is 19.2 Å². The molecule has 438 valence electrons. The molecule has 0 aliphatic rings. The van der Waals surface area contributed by atoms with Crippen LogP contribution in [-0.4, -0.2) is 149 Å². The number of hydrogen-bond donors (Lipinski definition) is 0. The molecule has 0 amide bonds. The third kappa shape index (κ3) is 53.1. The van der Waals surface area contributed by atoms with Gasteiger partial charge in [0.1, 0.15) is 0 Å². The van der Waals surface area contributed by atoms with Crippen LogP contribution in [0.2, 0.25) is 0 Å². The molecule has 0 spiro atoms. The van der Waals surface area contributed by atoms with E-state index in [-0.39, 0.29) is 23.9 Å². The summed E-state index contributed by atoms with van der Waals surface area (Å²) in [6.45, 7) is 18.5. The summed E-state index contributed by atoms with van der Waals surface area (Å²) in [7, 11) is 4.32. The van der Waals surface area contributed by atoms with Gasteiger partial charge in [0.2, 0.25) is 0 Å². The van der Waals surface area contributed by atoms with Crippen molar-refractivity contribution < 1.29 is 38.1 Å². The molecule has 74 heavy (non-hydrogen) atoms. The van der Waals surface area contributed by atoms with Gasteiger partial charge >= 0.3 is 23.9 Å². The van der Waals surface area contributed by atoms with Crippen molar-refractivity contribution in [3.8, 4) is 0 Å². The topological polar surface area (TPSA) is 118 Å². The molecule has 0 saturated carbocycles. The number of likely N-dealkylation sites (N-methyl/N-ethyl adjacent to an activating group) is 2. The molecule has 0 heterocycles. The van der Waals surface area contributed by atoms with E-state index in [0.717, 1.165) is 103 Å². The summed E-state index contributed by atoms with van der Waals surface area (Å²) in [5.74, 6) is -0.622. The number of carbonyl (C=O) groups is 4. The maximum absolute atomic E-state index is 12.7. The first-order chi connectivity index (χ1) is 36.1. The summed E-state index contributed by atoms with van der Waals surface area (Å²) in [4.78, 5) is 60.1. The van der Waals surface area contributed by atoms with E-state index in [4.69, 9.17) is 18.9 Å². The lowest BCUT2D eigenvalue weighted by atomic mass is 10.1. The zero-order chi connectivity index (χ0) is 54.2. The van der Waals surface area contributed by atoms with Gasteiger partial charge in [-0.15, -0.1) is 0 Å². The largest absolute Gasteiger partial charge is 0.466 e. The molecular formula is C62H122N4O8. The van der Waals surface area contributed by atoms with E-state index in [1.54, 1.807) is 0 Å². The van der Waals surface area contributed by atoms with Gasteiger partial charge < -0.3 is 38.5 Å². The Morgan fingerprint density at radius 3 is 0.662 bits per heavy atom. The monoisotopic (exact) mass is 1050 g/mol. The van der Waals surface area contributed by atoms with Gasteiger partial charge in [0.25, 0.3) is 0 Å². The van der Waals surface area contributed by atoms with E-state index in [0.29, 0.717) is 78.3 Å². The van der Waals surface area contributed by atoms with Crippen LogP contribution in [0.4, 0.5) is 0 Å². The van der Waals surface area contributed by atoms with Crippen LogP contribution in [-0.2, 0) is 38.1 Å². The molecule has 12 heteroatoms. The van der Waals surface area contributed by atoms with Crippen molar-refractivity contribution in [3.63, 3.8) is 0 Å². The number of rotatable bonds is 59. The van der Waals surface area contributed by atoms with Crippen LogP contribution in [0.15, 0.2) is 0 Å². The highest BCUT2D eigenvalue weighted by atomic mass is 16.5. The van der Waals surface area contributed by atoms with Crippen molar-refractivity contribution in [2.45, 2.75) is 272 Å². The van der Waals surface area contributed by atoms with E-state index in [1.807, 2.05) is 0 Å². The molecule has 0 aliphatic carbocycles. The third-order valence-corrected chi connectivity index (χ3v) is 14.5. The molecular weight excluding hydrogens is 929 g/mol. The zero-order valence-corrected chi connectivity index (χ0v) is 49.8. The van der Waals surface area contributed by atoms with Crippen LogP contribution in [0.5, 0.6) is 0 Å². The smallest absolute Gasteiger partial charge is 0.307 e. The minimum Gasteiger partial charge on any atom is -0.466 e. The molecule has 0 aromatic heterocycles. The zero-order valence-electron chi connectivity index (χ0n) is 49.8. The van der Waals surface area contributed by atoms with Crippen molar-refractivity contribution in [3.05, 3.63) is 0 Å². The number of nitrogens with zero attached hydrogens (tertiary/aromatic N) is 4. The number of carbonyl (C=O) groups excluding carboxylic acids is 4. The summed E-state index contributed by atoms with van der Waals surface area (Å²) in [5, 5.41) is 0. The first kappa shape index (κ1) is 71.7. The van der Waals surface area contributed by atoms with Gasteiger partial charge in [0.15, 0.2) is 0 Å². The predicted octanol–water partition coefficient (Wildman–Crippen LogP) is 14.5. The van der Waals surface area contributed by atoms with Crippen molar-refractivity contribution in [2.24, 2.45) is 0 Å². The second-order valence-electron chi connectivity index (χ2n) is 21.8. The van der Waals surface area contributed by atoms with Crippen molar-refractivity contribution in [1.29, 1.82) is 0 Å². The molecule has 0 aromatic rings. The van der Waals surface area contributed by atoms with Crippen LogP contribution in [0, 0.1) is 0 Å². The number of unbranched alkanes of at least 4 members (excludes halogenated alkanes) is 28. The highest BCUT2D eigenvalue weighted by Crippen LogP contribution is 2.13. The summed E-state index contributed by atoms with van der Waals surface area (Å²) < 4.78 is 22.4. The van der Waals surface area contributed by atoms with Crippen LogP contribution in [0.25, 0.3) is 0 Å². The average molecular weight is 1050 g/mol. The Balaban J connectivity index is 4.94. The minimum absolute atomic E-state index is 0.155. The third-order valence-electron chi connectivity index (χ3n) is 14.5. The fourth-order valence-corrected chi connectivity index (χ4v) is 9.34. The first-order valence-electron chi connectivity index (χ1n) is 31.6. The molecule has 0 atom stereocenters. The molecule has 0 aliphatic heterocycles. The summed E-state index contributed by atoms with van der Waals surface area (Å²) in [5.41, 5.74) is 0. The van der Waals surface area contributed by atoms with Gasteiger partial charge in [-0.1, -0.05) is 207 Å². The second kappa shape index (κ2) is 56.9. The number of hydrogen-bond acceptors (Lipinski definition) is 12. The van der Waals surface area contributed by atoms with E-state index >= 15 is 0 Å². The van der Waals surface area contributed by atoms with Crippen LogP contribution < -0.4 is 0 Å². The molecule has 0 aromatic carbocycles. The van der Waals surface area contributed by atoms with Crippen LogP contribution in [0.3, 0.4) is 0 Å². The van der Waals surface area contributed by atoms with Crippen molar-refractivity contribution >= 4 is 23.9 Å². The minimum atomic E-state index is -0.155. The Morgan fingerprint density at radius 1 is 0.243 bits per heavy atom. The predicted molar refractivity (Wildman–Crippen MR) is 310 cm³/mol. The standard InChI is InChI=1S/C62H122N4O8/c1-7-11-15-19-23-27-31-35-55-71-59(67)41-49-65(50-42-60(68)72-56-36-32-28-24-20-16-12-8-2)47-39-45-63(5)53-54-64(6)46-40-48-66(51-43-61(69)73-57-37-33-29-25-21-17-13-9-3)52-44-62(70)74-58-38-34-30-26-22-18-14-10-4/h7-58H2,1-6H3. The summed E-state index contributed by atoms with van der Waals surface area (Å²) in [6, 6.07) is 0. The highest BCUT2D eigenvalue weighted by molar-refractivity contribution is 5.71. The Kier molecular flexibility index (Phi) is 55.2. The maximum Gasteiger partial charge on any atom is 0.307 e. The van der Waals surface area contributed by atoms with Gasteiger partial charge in [-0.3, -0.25) is 19.2 Å². The molecule has 0 bridgehead atoms. The van der Waals surface area contributed by atoms with Gasteiger partial charge in [-0.2, -0.15) is 0 Å². The van der Waals surface area contributed by atoms with E-state index in [2.05, 4.69) is 61.4 Å². The van der Waals surface area contributed by atoms with E-state index < -0.39 is 0 Å². The first-order valence-corrected chi connectivity index (χ1v) is 31.6. The van der Waals surface area contributed by atoms with Gasteiger partial charge in [-0.25, -0.2) is 0 Å². The Bertz CT molecular complexity index is 1070. The molecule has 0 rings (SSSR count). The Morgan fingerprint density at radius 2 is 0.446 bits per heavy atom.